The van der Waals surface area contributed by atoms with Gasteiger partial charge in [0, 0.05) is 28.4 Å². The molecule has 10 heteroatoms. The summed E-state index contributed by atoms with van der Waals surface area (Å²) in [7, 11) is 3.05. The van der Waals surface area contributed by atoms with Crippen LogP contribution in [0.25, 0.3) is 6.08 Å². The Balaban J connectivity index is 1.25. The summed E-state index contributed by atoms with van der Waals surface area (Å²) < 4.78 is 10.7. The number of hydrogen-bond acceptors (Lipinski definition) is 7. The molecule has 4 aromatic rings. The molecule has 5 rings (SSSR count). The molecule has 0 fully saturated rings. The van der Waals surface area contributed by atoms with Gasteiger partial charge in [-0.1, -0.05) is 36.4 Å². The molecule has 1 aliphatic rings. The number of carbonyl (C=O) groups excluding carboxylic acids is 4. The zero-order valence-electron chi connectivity index (χ0n) is 24.0. The molecular weight excluding hydrogens is 578 g/mol. The second-order valence-corrected chi connectivity index (χ2v) is 10.8. The lowest BCUT2D eigenvalue weighted by Crippen LogP contribution is -2.31. The van der Waals surface area contributed by atoms with Gasteiger partial charge >= 0.3 is 0 Å². The van der Waals surface area contributed by atoms with Crippen molar-refractivity contribution in [2.45, 2.75) is 4.90 Å². The molecule has 1 heterocycles. The molecule has 0 aliphatic carbocycles. The summed E-state index contributed by atoms with van der Waals surface area (Å²) in [5, 5.41) is 5.56. The number of benzene rings is 4. The highest BCUT2D eigenvalue weighted by atomic mass is 32.2. The highest BCUT2D eigenvalue weighted by molar-refractivity contribution is 7.99. The minimum atomic E-state index is -0.518. The number of nitrogens with zero attached hydrogens (tertiary/aromatic N) is 1. The van der Waals surface area contributed by atoms with E-state index in [1.165, 1.54) is 30.9 Å². The fourth-order valence-electron chi connectivity index (χ4n) is 4.58. The van der Waals surface area contributed by atoms with Gasteiger partial charge in [0.25, 0.3) is 23.6 Å². The zero-order valence-corrected chi connectivity index (χ0v) is 24.9. The van der Waals surface area contributed by atoms with E-state index in [1.54, 1.807) is 91.0 Å². The molecule has 2 N–H and O–H groups in total. The number of anilines is 1. The van der Waals surface area contributed by atoms with E-state index in [9.17, 15) is 19.2 Å². The molecule has 222 valence electrons. The third-order valence-electron chi connectivity index (χ3n) is 6.82. The van der Waals surface area contributed by atoms with E-state index in [0.29, 0.717) is 45.2 Å². The SMILES string of the molecule is COc1ccc(/C=C(\NC(=O)c2ccccc2)C(=O)Nc2ccc(SCCN3C(=O)c4ccccc4C3=O)cc2)cc1OC. The molecule has 0 spiro atoms. The van der Waals surface area contributed by atoms with Crippen molar-refractivity contribution in [3.05, 3.63) is 125 Å². The van der Waals surface area contributed by atoms with Crippen molar-refractivity contribution < 1.29 is 28.7 Å². The van der Waals surface area contributed by atoms with Gasteiger partial charge in [0.15, 0.2) is 11.5 Å². The third kappa shape index (κ3) is 6.82. The van der Waals surface area contributed by atoms with Crippen LogP contribution in [0, 0.1) is 0 Å². The first-order valence-electron chi connectivity index (χ1n) is 13.7. The summed E-state index contributed by atoms with van der Waals surface area (Å²) in [6.07, 6.45) is 1.56. The van der Waals surface area contributed by atoms with Crippen molar-refractivity contribution in [1.82, 2.24) is 10.2 Å². The molecule has 9 nitrogen and oxygen atoms in total. The molecule has 1 aliphatic heterocycles. The van der Waals surface area contributed by atoms with Crippen molar-refractivity contribution >= 4 is 47.2 Å². The Morgan fingerprint density at radius 2 is 1.43 bits per heavy atom. The van der Waals surface area contributed by atoms with Gasteiger partial charge in [-0.2, -0.15) is 0 Å². The molecule has 0 saturated carbocycles. The second kappa shape index (κ2) is 13.7. The summed E-state index contributed by atoms with van der Waals surface area (Å²) in [4.78, 5) is 53.7. The van der Waals surface area contributed by atoms with E-state index in [1.807, 2.05) is 12.1 Å². The lowest BCUT2D eigenvalue weighted by molar-refractivity contribution is -0.113. The fraction of sp³-hybridized carbons (Fsp3) is 0.118. The molecule has 4 aromatic carbocycles. The van der Waals surface area contributed by atoms with Gasteiger partial charge in [0.2, 0.25) is 0 Å². The standard InChI is InChI=1S/C34H29N3O6S/c1-42-29-17-12-22(21-30(29)43-2)20-28(36-31(38)23-8-4-3-5-9-23)32(39)35-24-13-15-25(16-14-24)44-19-18-37-33(40)26-10-6-7-11-27(26)34(37)41/h3-17,20-21H,18-19H2,1-2H3,(H,35,39)(H,36,38)/b28-20-. The number of thioether (sulfide) groups is 1. The van der Waals surface area contributed by atoms with Crippen molar-refractivity contribution in [3.63, 3.8) is 0 Å². The zero-order chi connectivity index (χ0) is 31.1. The van der Waals surface area contributed by atoms with Crippen LogP contribution in [-0.4, -0.2) is 55.0 Å². The van der Waals surface area contributed by atoms with Crippen LogP contribution < -0.4 is 20.1 Å². The third-order valence-corrected chi connectivity index (χ3v) is 7.81. The van der Waals surface area contributed by atoms with Crippen molar-refractivity contribution in [1.29, 1.82) is 0 Å². The molecule has 0 aromatic heterocycles. The Hall–Kier alpha value is -5.35. The molecular formula is C34H29N3O6S. The van der Waals surface area contributed by atoms with Gasteiger partial charge in [0.1, 0.15) is 5.70 Å². The average molecular weight is 608 g/mol. The van der Waals surface area contributed by atoms with Crippen LogP contribution in [0.1, 0.15) is 36.6 Å². The minimum Gasteiger partial charge on any atom is -0.493 e. The molecule has 4 amide bonds. The first-order valence-corrected chi connectivity index (χ1v) is 14.7. The summed E-state index contributed by atoms with van der Waals surface area (Å²) in [6, 6.07) is 27.7. The molecule has 0 saturated heterocycles. The normalized spacial score (nSPS) is 12.5. The Morgan fingerprint density at radius 1 is 0.795 bits per heavy atom. The quantitative estimate of drug-likeness (QED) is 0.131. The highest BCUT2D eigenvalue weighted by Gasteiger charge is 2.34. The number of carbonyl (C=O) groups is 4. The number of imide groups is 1. The van der Waals surface area contributed by atoms with Crippen molar-refractivity contribution in [3.8, 4) is 11.5 Å². The van der Waals surface area contributed by atoms with Gasteiger partial charge in [0.05, 0.1) is 25.3 Å². The van der Waals surface area contributed by atoms with Crippen LogP contribution in [0.4, 0.5) is 5.69 Å². The summed E-state index contributed by atoms with van der Waals surface area (Å²) in [5.74, 6) is 0.0200. The number of hydrogen-bond donors (Lipinski definition) is 2. The summed E-state index contributed by atoms with van der Waals surface area (Å²) in [5.41, 5.74) is 2.44. The largest absolute Gasteiger partial charge is 0.493 e. The van der Waals surface area contributed by atoms with Crippen LogP contribution in [0.15, 0.2) is 108 Å². The van der Waals surface area contributed by atoms with Crippen LogP contribution in [-0.2, 0) is 4.79 Å². The summed E-state index contributed by atoms with van der Waals surface area (Å²) in [6.45, 7) is 0.279. The number of ether oxygens (including phenoxy) is 2. The topological polar surface area (TPSA) is 114 Å². The first kappa shape index (κ1) is 30.1. The van der Waals surface area contributed by atoms with Crippen LogP contribution in [0.5, 0.6) is 11.5 Å². The molecule has 0 radical (unpaired) electrons. The lowest BCUT2D eigenvalue weighted by Gasteiger charge is -2.14. The van der Waals surface area contributed by atoms with E-state index in [-0.39, 0.29) is 24.1 Å². The Kier molecular flexibility index (Phi) is 9.41. The highest BCUT2D eigenvalue weighted by Crippen LogP contribution is 2.29. The van der Waals surface area contributed by atoms with Crippen LogP contribution >= 0.6 is 11.8 Å². The van der Waals surface area contributed by atoms with E-state index in [2.05, 4.69) is 10.6 Å². The van der Waals surface area contributed by atoms with E-state index >= 15 is 0 Å². The van der Waals surface area contributed by atoms with Gasteiger partial charge in [-0.3, -0.25) is 24.1 Å². The summed E-state index contributed by atoms with van der Waals surface area (Å²) >= 11 is 1.49. The maximum absolute atomic E-state index is 13.4. The van der Waals surface area contributed by atoms with Crippen molar-refractivity contribution in [2.24, 2.45) is 0 Å². The Morgan fingerprint density at radius 3 is 2.07 bits per heavy atom. The van der Waals surface area contributed by atoms with Crippen LogP contribution in [0.2, 0.25) is 0 Å². The Labute approximate surface area is 258 Å². The maximum Gasteiger partial charge on any atom is 0.272 e. The minimum absolute atomic E-state index is 0.0328. The lowest BCUT2D eigenvalue weighted by atomic mass is 10.1. The number of fused-ring (bicyclic) bond motifs is 1. The molecule has 0 unspecified atom stereocenters. The fourth-order valence-corrected chi connectivity index (χ4v) is 5.42. The number of methoxy groups -OCH3 is 2. The van der Waals surface area contributed by atoms with E-state index < -0.39 is 11.8 Å². The van der Waals surface area contributed by atoms with Crippen LogP contribution in [0.3, 0.4) is 0 Å². The molecule has 44 heavy (non-hydrogen) atoms. The number of nitrogens with one attached hydrogen (secondary N) is 2. The van der Waals surface area contributed by atoms with Gasteiger partial charge in [-0.05, 0) is 72.3 Å². The van der Waals surface area contributed by atoms with Gasteiger partial charge in [-0.25, -0.2) is 0 Å². The van der Waals surface area contributed by atoms with Gasteiger partial charge < -0.3 is 20.1 Å². The monoisotopic (exact) mass is 607 g/mol. The smallest absolute Gasteiger partial charge is 0.272 e. The van der Waals surface area contributed by atoms with Crippen molar-refractivity contribution in [2.75, 3.05) is 31.8 Å². The van der Waals surface area contributed by atoms with E-state index in [4.69, 9.17) is 9.47 Å². The molecule has 0 bridgehead atoms. The number of rotatable bonds is 11. The van der Waals surface area contributed by atoms with Gasteiger partial charge in [-0.15, -0.1) is 11.8 Å². The first-order chi connectivity index (χ1) is 21.4. The van der Waals surface area contributed by atoms with E-state index in [0.717, 1.165) is 4.90 Å². The number of amides is 4. The molecule has 0 atom stereocenters. The second-order valence-electron chi connectivity index (χ2n) is 9.63. The predicted molar refractivity (Wildman–Crippen MR) is 169 cm³/mol. The average Bonchev–Trinajstić information content (AvgIpc) is 3.30. The maximum atomic E-state index is 13.4. The predicted octanol–water partition coefficient (Wildman–Crippen LogP) is 5.50. The Bertz CT molecular complexity index is 1700.